The molecule has 0 saturated carbocycles. The number of hydrogen-bond donors (Lipinski definition) is 2. The lowest BCUT2D eigenvalue weighted by molar-refractivity contribution is -0.384. The van der Waals surface area contributed by atoms with Crippen molar-refractivity contribution in [3.05, 3.63) is 33.3 Å². The van der Waals surface area contributed by atoms with Crippen LogP contribution >= 0.6 is 11.6 Å². The second kappa shape index (κ2) is 6.49. The molecule has 1 amide bonds. The van der Waals surface area contributed by atoms with Gasteiger partial charge in [0.1, 0.15) is 0 Å². The van der Waals surface area contributed by atoms with Gasteiger partial charge in [0.25, 0.3) is 5.69 Å². The first-order valence-electron chi connectivity index (χ1n) is 5.81. The first-order valence-corrected chi connectivity index (χ1v) is 6.19. The van der Waals surface area contributed by atoms with Gasteiger partial charge >= 0.3 is 0 Å². The van der Waals surface area contributed by atoms with Gasteiger partial charge in [0, 0.05) is 12.1 Å². The Bertz CT molecular complexity index is 491. The third kappa shape index (κ3) is 4.50. The number of carbonyl (C=O) groups is 1. The molecule has 0 aliphatic rings. The highest BCUT2D eigenvalue weighted by molar-refractivity contribution is 6.34. The van der Waals surface area contributed by atoms with Crippen LogP contribution in [-0.2, 0) is 4.79 Å². The lowest BCUT2D eigenvalue weighted by Gasteiger charge is -2.14. The summed E-state index contributed by atoms with van der Waals surface area (Å²) in [5, 5.41) is 13.2. The van der Waals surface area contributed by atoms with Gasteiger partial charge in [0.2, 0.25) is 5.91 Å². The lowest BCUT2D eigenvalue weighted by atomic mass is 10.0. The minimum atomic E-state index is -0.633. The van der Waals surface area contributed by atoms with Crippen LogP contribution < -0.4 is 11.1 Å². The van der Waals surface area contributed by atoms with Crippen molar-refractivity contribution in [2.24, 2.45) is 11.7 Å². The Hall–Kier alpha value is -1.66. The van der Waals surface area contributed by atoms with E-state index in [-0.39, 0.29) is 16.6 Å². The average molecular weight is 286 g/mol. The molecule has 1 aromatic rings. The summed E-state index contributed by atoms with van der Waals surface area (Å²) >= 11 is 5.87. The van der Waals surface area contributed by atoms with Crippen molar-refractivity contribution in [2.75, 3.05) is 5.32 Å². The fourth-order valence-electron chi connectivity index (χ4n) is 1.56. The second-order valence-corrected chi connectivity index (χ2v) is 5.05. The van der Waals surface area contributed by atoms with Gasteiger partial charge in [-0.15, -0.1) is 0 Å². The van der Waals surface area contributed by atoms with Crippen LogP contribution in [0.3, 0.4) is 0 Å². The van der Waals surface area contributed by atoms with Crippen LogP contribution in [0.5, 0.6) is 0 Å². The summed E-state index contributed by atoms with van der Waals surface area (Å²) in [5.74, 6) is -0.0578. The number of nitrogens with two attached hydrogens (primary N) is 1. The van der Waals surface area contributed by atoms with Crippen molar-refractivity contribution >= 4 is 28.9 Å². The van der Waals surface area contributed by atoms with E-state index in [9.17, 15) is 14.9 Å². The predicted octanol–water partition coefficient (Wildman–Crippen LogP) is 2.56. The largest absolute Gasteiger partial charge is 0.323 e. The molecule has 19 heavy (non-hydrogen) atoms. The fraction of sp³-hybridized carbons (Fsp3) is 0.417. The molecule has 1 unspecified atom stereocenters. The maximum absolute atomic E-state index is 11.8. The lowest BCUT2D eigenvalue weighted by Crippen LogP contribution is -2.36. The molecule has 1 aromatic carbocycles. The van der Waals surface area contributed by atoms with E-state index in [0.29, 0.717) is 18.0 Å². The molecule has 104 valence electrons. The van der Waals surface area contributed by atoms with E-state index in [1.165, 1.54) is 18.2 Å². The van der Waals surface area contributed by atoms with Crippen molar-refractivity contribution in [1.29, 1.82) is 0 Å². The number of rotatable bonds is 5. The quantitative estimate of drug-likeness (QED) is 0.641. The first kappa shape index (κ1) is 15.4. The molecule has 1 rings (SSSR count). The van der Waals surface area contributed by atoms with Crippen LogP contribution in [0.4, 0.5) is 11.4 Å². The third-order valence-corrected chi connectivity index (χ3v) is 2.80. The maximum atomic E-state index is 11.8. The van der Waals surface area contributed by atoms with Gasteiger partial charge in [-0.1, -0.05) is 25.4 Å². The molecule has 0 saturated heterocycles. The van der Waals surface area contributed by atoms with Gasteiger partial charge in [-0.2, -0.15) is 0 Å². The van der Waals surface area contributed by atoms with E-state index in [1.54, 1.807) is 0 Å². The highest BCUT2D eigenvalue weighted by Crippen LogP contribution is 2.26. The molecule has 0 heterocycles. The van der Waals surface area contributed by atoms with Crippen molar-refractivity contribution in [3.63, 3.8) is 0 Å². The van der Waals surface area contributed by atoms with Crippen LogP contribution in [0.1, 0.15) is 20.3 Å². The highest BCUT2D eigenvalue weighted by atomic mass is 35.5. The molecule has 0 fully saturated rings. The summed E-state index contributed by atoms with van der Waals surface area (Å²) in [5.41, 5.74) is 5.92. The normalized spacial score (nSPS) is 12.3. The molecule has 0 aliphatic carbocycles. The fourth-order valence-corrected chi connectivity index (χ4v) is 1.78. The third-order valence-electron chi connectivity index (χ3n) is 2.48. The second-order valence-electron chi connectivity index (χ2n) is 4.65. The number of nitro benzene ring substituents is 1. The summed E-state index contributed by atoms with van der Waals surface area (Å²) < 4.78 is 0. The molecule has 0 spiro atoms. The predicted molar refractivity (Wildman–Crippen MR) is 74.2 cm³/mol. The van der Waals surface area contributed by atoms with E-state index in [2.05, 4.69) is 5.32 Å². The summed E-state index contributed by atoms with van der Waals surface area (Å²) in [6.07, 6.45) is 0.552. The Morgan fingerprint density at radius 3 is 2.63 bits per heavy atom. The zero-order chi connectivity index (χ0) is 14.6. The van der Waals surface area contributed by atoms with Gasteiger partial charge in [-0.05, 0) is 18.4 Å². The smallest absolute Gasteiger partial charge is 0.271 e. The number of nitrogens with one attached hydrogen (secondary N) is 1. The first-order chi connectivity index (χ1) is 8.81. The zero-order valence-corrected chi connectivity index (χ0v) is 11.5. The molecule has 0 radical (unpaired) electrons. The summed E-state index contributed by atoms with van der Waals surface area (Å²) in [6.45, 7) is 3.93. The highest BCUT2D eigenvalue weighted by Gasteiger charge is 2.17. The van der Waals surface area contributed by atoms with Crippen LogP contribution in [0.15, 0.2) is 18.2 Å². The topological polar surface area (TPSA) is 98.3 Å². The average Bonchev–Trinajstić information content (AvgIpc) is 2.30. The van der Waals surface area contributed by atoms with E-state index in [4.69, 9.17) is 17.3 Å². The minimum Gasteiger partial charge on any atom is -0.323 e. The molecule has 3 N–H and O–H groups in total. The number of nitrogens with zero attached hydrogens (tertiary/aromatic N) is 1. The van der Waals surface area contributed by atoms with E-state index in [0.717, 1.165) is 0 Å². The Morgan fingerprint density at radius 1 is 1.53 bits per heavy atom. The van der Waals surface area contributed by atoms with Crippen molar-refractivity contribution in [1.82, 2.24) is 0 Å². The number of anilines is 1. The molecular formula is C12H16ClN3O3. The number of benzene rings is 1. The van der Waals surface area contributed by atoms with Gasteiger partial charge in [0.15, 0.2) is 0 Å². The van der Waals surface area contributed by atoms with Crippen LogP contribution in [0.25, 0.3) is 0 Å². The molecule has 7 heteroatoms. The van der Waals surface area contributed by atoms with Gasteiger partial charge in [0.05, 0.1) is 21.7 Å². The van der Waals surface area contributed by atoms with Crippen molar-refractivity contribution in [2.45, 2.75) is 26.3 Å². The van der Waals surface area contributed by atoms with Crippen LogP contribution in [0.2, 0.25) is 5.02 Å². The Kier molecular flexibility index (Phi) is 5.26. The Balaban J connectivity index is 2.77. The monoisotopic (exact) mass is 285 g/mol. The molecule has 6 nitrogen and oxygen atoms in total. The van der Waals surface area contributed by atoms with Gasteiger partial charge < -0.3 is 11.1 Å². The Labute approximate surface area is 116 Å². The zero-order valence-electron chi connectivity index (χ0n) is 10.7. The van der Waals surface area contributed by atoms with Crippen molar-refractivity contribution in [3.8, 4) is 0 Å². The summed E-state index contributed by atoms with van der Waals surface area (Å²) in [7, 11) is 0. The van der Waals surface area contributed by atoms with E-state index in [1.807, 2.05) is 13.8 Å². The molecular weight excluding hydrogens is 270 g/mol. The number of carbonyl (C=O) groups excluding carboxylic acids is 1. The van der Waals surface area contributed by atoms with Gasteiger partial charge in [-0.25, -0.2) is 0 Å². The molecule has 0 aromatic heterocycles. The molecule has 0 aliphatic heterocycles. The maximum Gasteiger partial charge on any atom is 0.271 e. The number of halogens is 1. The SMILES string of the molecule is CC(C)CC(N)C(=O)Nc1ccc([N+](=O)[O-])cc1Cl. The summed E-state index contributed by atoms with van der Waals surface area (Å²) in [4.78, 5) is 21.8. The number of non-ortho nitro benzene ring substituents is 1. The number of amides is 1. The van der Waals surface area contributed by atoms with E-state index < -0.39 is 11.0 Å². The number of hydrogen-bond acceptors (Lipinski definition) is 4. The minimum absolute atomic E-state index is 0.110. The van der Waals surface area contributed by atoms with Crippen molar-refractivity contribution < 1.29 is 9.72 Å². The standard InChI is InChI=1S/C12H16ClN3O3/c1-7(2)5-10(14)12(17)15-11-4-3-8(16(18)19)6-9(11)13/h3-4,6-7,10H,5,14H2,1-2H3,(H,15,17). The van der Waals surface area contributed by atoms with Crippen LogP contribution in [-0.4, -0.2) is 16.9 Å². The van der Waals surface area contributed by atoms with Gasteiger partial charge in [-0.3, -0.25) is 14.9 Å². The number of nitro groups is 1. The molecule has 0 bridgehead atoms. The molecule has 1 atom stereocenters. The van der Waals surface area contributed by atoms with E-state index >= 15 is 0 Å². The summed E-state index contributed by atoms with van der Waals surface area (Å²) in [6, 6.07) is 3.22. The Morgan fingerprint density at radius 2 is 2.16 bits per heavy atom. The van der Waals surface area contributed by atoms with Crippen LogP contribution in [0, 0.1) is 16.0 Å².